The maximum absolute atomic E-state index is 12.5. The molecule has 0 aliphatic carbocycles. The largest absolute Gasteiger partial charge is 0.394 e. The lowest BCUT2D eigenvalue weighted by Crippen LogP contribution is -2.53. The van der Waals surface area contributed by atoms with E-state index in [0.29, 0.717) is 12.8 Å². The van der Waals surface area contributed by atoms with Crippen molar-refractivity contribution in [1.29, 1.82) is 0 Å². The molecule has 0 radical (unpaired) electrons. The van der Waals surface area contributed by atoms with Crippen molar-refractivity contribution in [2.75, 3.05) is 6.61 Å². The number of rotatable bonds is 51. The summed E-state index contributed by atoms with van der Waals surface area (Å²) >= 11 is 0. The summed E-state index contributed by atoms with van der Waals surface area (Å²) in [5.41, 5.74) is 0. The molecule has 0 aromatic carbocycles. The third-order valence-corrected chi connectivity index (χ3v) is 13.2. The minimum atomic E-state index is -1.25. The van der Waals surface area contributed by atoms with Crippen LogP contribution in [-0.2, 0) is 4.79 Å². The van der Waals surface area contributed by atoms with E-state index in [0.717, 1.165) is 44.9 Å². The Morgan fingerprint density at radius 3 is 1.02 bits per heavy atom. The summed E-state index contributed by atoms with van der Waals surface area (Å²) in [4.78, 5) is 12.5. The van der Waals surface area contributed by atoms with Gasteiger partial charge in [0.2, 0.25) is 5.91 Å². The first kappa shape index (κ1) is 60.8. The van der Waals surface area contributed by atoms with Gasteiger partial charge in [-0.1, -0.05) is 276 Å². The Morgan fingerprint density at radius 1 is 0.403 bits per heavy atom. The Balaban J connectivity index is 3.48. The van der Waals surface area contributed by atoms with Gasteiger partial charge < -0.3 is 25.7 Å². The van der Waals surface area contributed by atoms with Crippen LogP contribution in [0.15, 0.2) is 24.3 Å². The average molecular weight is 876 g/mol. The highest BCUT2D eigenvalue weighted by Gasteiger charge is 2.28. The molecule has 4 unspecified atom stereocenters. The number of hydrogen-bond acceptors (Lipinski definition) is 5. The summed E-state index contributed by atoms with van der Waals surface area (Å²) in [6, 6.07) is -0.981. The van der Waals surface area contributed by atoms with E-state index in [1.54, 1.807) is 0 Å². The molecule has 368 valence electrons. The molecular weight excluding hydrogens is 767 g/mol. The van der Waals surface area contributed by atoms with Crippen LogP contribution in [0.1, 0.15) is 296 Å². The van der Waals surface area contributed by atoms with Crippen LogP contribution >= 0.6 is 0 Å². The summed E-state index contributed by atoms with van der Waals surface area (Å²) < 4.78 is 0. The van der Waals surface area contributed by atoms with Gasteiger partial charge in [0.15, 0.2) is 0 Å². The van der Waals surface area contributed by atoms with E-state index < -0.39 is 36.9 Å². The molecule has 0 saturated carbocycles. The first-order valence-electron chi connectivity index (χ1n) is 27.7. The molecule has 0 saturated heterocycles. The number of amides is 1. The van der Waals surface area contributed by atoms with E-state index >= 15 is 0 Å². The molecule has 0 rings (SSSR count). The smallest absolute Gasteiger partial charge is 0.249 e. The average Bonchev–Trinajstić information content (AvgIpc) is 3.28. The standard InChI is InChI=1S/C56H109NO5/c1-3-5-7-9-11-13-14-15-16-17-18-19-20-21-22-23-24-25-26-27-28-29-30-31-32-33-34-35-36-37-38-39-40-41-42-44-46-48-50-54(60)56(62)57-52(51-58)55(61)53(59)49-47-45-43-12-10-8-6-4-2/h24-25,27-28,52-55,58-61H,3-23,26,29-51H2,1-2H3,(H,57,62)/b25-24-,28-27-. The van der Waals surface area contributed by atoms with Gasteiger partial charge in [0.05, 0.1) is 18.8 Å². The van der Waals surface area contributed by atoms with Crippen molar-refractivity contribution in [2.45, 2.75) is 321 Å². The van der Waals surface area contributed by atoms with Crippen LogP contribution in [0.25, 0.3) is 0 Å². The van der Waals surface area contributed by atoms with Crippen molar-refractivity contribution in [1.82, 2.24) is 5.32 Å². The minimum absolute atomic E-state index is 0.371. The molecule has 0 aromatic rings. The third-order valence-electron chi connectivity index (χ3n) is 13.2. The van der Waals surface area contributed by atoms with Crippen LogP contribution in [0.5, 0.6) is 0 Å². The van der Waals surface area contributed by atoms with E-state index in [9.17, 15) is 25.2 Å². The minimum Gasteiger partial charge on any atom is -0.394 e. The van der Waals surface area contributed by atoms with Crippen LogP contribution in [0.4, 0.5) is 0 Å². The van der Waals surface area contributed by atoms with Gasteiger partial charge in [0.1, 0.15) is 12.2 Å². The molecule has 62 heavy (non-hydrogen) atoms. The Hall–Kier alpha value is -1.21. The number of unbranched alkanes of at least 4 members (excludes halogenated alkanes) is 38. The maximum atomic E-state index is 12.5. The second-order valence-corrected chi connectivity index (χ2v) is 19.3. The van der Waals surface area contributed by atoms with Crippen molar-refractivity contribution >= 4 is 5.91 Å². The molecule has 5 N–H and O–H groups in total. The van der Waals surface area contributed by atoms with Crippen molar-refractivity contribution in [3.8, 4) is 0 Å². The fourth-order valence-corrected chi connectivity index (χ4v) is 8.79. The molecule has 0 spiro atoms. The Morgan fingerprint density at radius 2 is 0.694 bits per heavy atom. The molecule has 1 amide bonds. The van der Waals surface area contributed by atoms with E-state index in [4.69, 9.17) is 0 Å². The summed E-state index contributed by atoms with van der Waals surface area (Å²) in [6.07, 6.45) is 61.5. The number of nitrogens with one attached hydrogen (secondary N) is 1. The first-order valence-corrected chi connectivity index (χ1v) is 27.7. The predicted molar refractivity (Wildman–Crippen MR) is 270 cm³/mol. The van der Waals surface area contributed by atoms with E-state index in [1.165, 1.54) is 225 Å². The van der Waals surface area contributed by atoms with E-state index in [2.05, 4.69) is 43.5 Å². The maximum Gasteiger partial charge on any atom is 0.249 e. The number of carbonyl (C=O) groups excluding carboxylic acids is 1. The fraction of sp³-hybridized carbons (Fsp3) is 0.911. The fourth-order valence-electron chi connectivity index (χ4n) is 8.79. The molecule has 0 fully saturated rings. The molecule has 0 heterocycles. The third kappa shape index (κ3) is 44.0. The van der Waals surface area contributed by atoms with E-state index in [-0.39, 0.29) is 0 Å². The first-order chi connectivity index (χ1) is 30.5. The molecule has 0 aliphatic rings. The van der Waals surface area contributed by atoms with Gasteiger partial charge in [-0.15, -0.1) is 0 Å². The van der Waals surface area contributed by atoms with Gasteiger partial charge in [0, 0.05) is 0 Å². The van der Waals surface area contributed by atoms with Crippen LogP contribution in [-0.4, -0.2) is 57.3 Å². The summed E-state index contributed by atoms with van der Waals surface area (Å²) in [5, 5.41) is 43.6. The lowest BCUT2D eigenvalue weighted by Gasteiger charge is -2.27. The molecule has 0 bridgehead atoms. The summed E-state index contributed by atoms with van der Waals surface area (Å²) in [6.45, 7) is 4.03. The molecule has 0 aromatic heterocycles. The zero-order valence-electron chi connectivity index (χ0n) is 41.6. The molecular formula is C56H109NO5. The van der Waals surface area contributed by atoms with Gasteiger partial charge in [-0.25, -0.2) is 0 Å². The Bertz CT molecular complexity index is 939. The highest BCUT2D eigenvalue weighted by molar-refractivity contribution is 5.80. The second kappa shape index (κ2) is 50.8. The highest BCUT2D eigenvalue weighted by Crippen LogP contribution is 2.18. The number of aliphatic hydroxyl groups is 4. The molecule has 0 aliphatic heterocycles. The zero-order chi connectivity index (χ0) is 45.2. The van der Waals surface area contributed by atoms with Crippen LogP contribution < -0.4 is 5.32 Å². The highest BCUT2D eigenvalue weighted by atomic mass is 16.3. The number of allylic oxidation sites excluding steroid dienone is 4. The van der Waals surface area contributed by atoms with Gasteiger partial charge in [0.25, 0.3) is 0 Å². The number of hydrogen-bond donors (Lipinski definition) is 5. The van der Waals surface area contributed by atoms with Gasteiger partial charge in [-0.2, -0.15) is 0 Å². The topological polar surface area (TPSA) is 110 Å². The Kier molecular flexibility index (Phi) is 49.8. The summed E-state index contributed by atoms with van der Waals surface area (Å²) in [7, 11) is 0. The molecule has 6 nitrogen and oxygen atoms in total. The van der Waals surface area contributed by atoms with Crippen LogP contribution in [0.3, 0.4) is 0 Å². The van der Waals surface area contributed by atoms with E-state index in [1.807, 2.05) is 0 Å². The number of carbonyl (C=O) groups is 1. The lowest BCUT2D eigenvalue weighted by molar-refractivity contribution is -0.132. The van der Waals surface area contributed by atoms with Crippen molar-refractivity contribution in [2.24, 2.45) is 0 Å². The second-order valence-electron chi connectivity index (χ2n) is 19.3. The van der Waals surface area contributed by atoms with Crippen molar-refractivity contribution < 1.29 is 25.2 Å². The van der Waals surface area contributed by atoms with Gasteiger partial charge in [-0.3, -0.25) is 4.79 Å². The summed E-state index contributed by atoms with van der Waals surface area (Å²) in [5.74, 6) is -0.584. The molecule has 6 heteroatoms. The predicted octanol–water partition coefficient (Wildman–Crippen LogP) is 15.9. The SMILES string of the molecule is CCCCCCCCCCCCCCCCC/C=C\C/C=C\CCCCCCCCCCCCCCCCCCC(O)C(=O)NC(CO)C(O)C(O)CCCCCCCCCC. The Labute approximate surface area is 386 Å². The number of aliphatic hydroxyl groups excluding tert-OH is 4. The molecule has 4 atom stereocenters. The zero-order valence-corrected chi connectivity index (χ0v) is 41.6. The monoisotopic (exact) mass is 876 g/mol. The van der Waals surface area contributed by atoms with Crippen molar-refractivity contribution in [3.63, 3.8) is 0 Å². The normalized spacial score (nSPS) is 14.0. The van der Waals surface area contributed by atoms with Crippen LogP contribution in [0, 0.1) is 0 Å². The quantitative estimate of drug-likeness (QED) is 0.0309. The van der Waals surface area contributed by atoms with Crippen LogP contribution in [0.2, 0.25) is 0 Å². The van der Waals surface area contributed by atoms with Gasteiger partial charge >= 0.3 is 0 Å². The lowest BCUT2D eigenvalue weighted by atomic mass is 9.99. The van der Waals surface area contributed by atoms with Gasteiger partial charge in [-0.05, 0) is 44.9 Å². The van der Waals surface area contributed by atoms with Crippen molar-refractivity contribution in [3.05, 3.63) is 24.3 Å².